The normalized spacial score (nSPS) is 14.5. The second-order valence-corrected chi connectivity index (χ2v) is 6.76. The molecule has 0 unspecified atom stereocenters. The number of anilines is 1. The van der Waals surface area contributed by atoms with Gasteiger partial charge in [0, 0.05) is 16.8 Å². The zero-order valence-corrected chi connectivity index (χ0v) is 15.2. The van der Waals surface area contributed by atoms with Crippen molar-refractivity contribution < 1.29 is 9.18 Å². The molecule has 0 spiro atoms. The molecule has 0 saturated heterocycles. The van der Waals surface area contributed by atoms with Gasteiger partial charge >= 0.3 is 0 Å². The first-order valence-corrected chi connectivity index (χ1v) is 8.84. The van der Waals surface area contributed by atoms with E-state index in [9.17, 15) is 9.18 Å². The molecule has 1 aliphatic heterocycles. The lowest BCUT2D eigenvalue weighted by atomic mass is 10.1. The molecule has 3 nitrogen and oxygen atoms in total. The summed E-state index contributed by atoms with van der Waals surface area (Å²) in [5.74, 6) is -0.124. The number of amidine groups is 1. The summed E-state index contributed by atoms with van der Waals surface area (Å²) in [6.07, 6.45) is 0. The third-order valence-corrected chi connectivity index (χ3v) is 4.94. The van der Waals surface area contributed by atoms with Crippen LogP contribution < -0.4 is 4.90 Å². The summed E-state index contributed by atoms with van der Waals surface area (Å²) in [6, 6.07) is 19.7. The molecule has 0 bridgehead atoms. The van der Waals surface area contributed by atoms with E-state index in [0.29, 0.717) is 17.9 Å². The fourth-order valence-electron chi connectivity index (χ4n) is 3.25. The second kappa shape index (κ2) is 6.80. The van der Waals surface area contributed by atoms with Gasteiger partial charge in [0.2, 0.25) is 0 Å². The number of nitrogens with zero attached hydrogens (tertiary/aromatic N) is 2. The number of carbonyl (C=O) groups is 1. The van der Waals surface area contributed by atoms with E-state index in [0.717, 1.165) is 16.8 Å². The fourth-order valence-corrected chi connectivity index (χ4v) is 3.25. The number of aryl methyl sites for hydroxylation is 2. The number of hydrogen-bond acceptors (Lipinski definition) is 1. The van der Waals surface area contributed by atoms with Crippen LogP contribution in [-0.2, 0) is 6.54 Å². The van der Waals surface area contributed by atoms with Gasteiger partial charge in [-0.05, 0) is 66.9 Å². The quantitative estimate of drug-likeness (QED) is 0.642. The Hall–Kier alpha value is -3.27. The van der Waals surface area contributed by atoms with Gasteiger partial charge in [-0.15, -0.1) is 0 Å². The molecule has 3 aromatic carbocycles. The van der Waals surface area contributed by atoms with E-state index in [-0.39, 0.29) is 11.7 Å². The largest absolute Gasteiger partial charge is 0.321 e. The maximum absolute atomic E-state index is 13.2. The topological polar surface area (TPSA) is 32.7 Å². The molecule has 0 saturated carbocycles. The van der Waals surface area contributed by atoms with Crippen LogP contribution in [-0.4, -0.2) is 11.7 Å². The molecule has 0 radical (unpaired) electrons. The van der Waals surface area contributed by atoms with E-state index < -0.39 is 0 Å². The second-order valence-electron chi connectivity index (χ2n) is 6.76. The van der Waals surface area contributed by atoms with Crippen LogP contribution >= 0.6 is 0 Å². The third-order valence-electron chi connectivity index (χ3n) is 4.94. The van der Waals surface area contributed by atoms with Gasteiger partial charge in [0.05, 0.1) is 6.54 Å². The van der Waals surface area contributed by atoms with E-state index in [1.165, 1.54) is 35.4 Å². The SMILES string of the molecule is Cc1ccc(N2Cc3ccccc3C2=NC(=O)c2ccc(F)cc2)cc1C. The van der Waals surface area contributed by atoms with E-state index >= 15 is 0 Å². The monoisotopic (exact) mass is 358 g/mol. The Bertz CT molecular complexity index is 1050. The Morgan fingerprint density at radius 2 is 1.70 bits per heavy atom. The summed E-state index contributed by atoms with van der Waals surface area (Å²) in [6.45, 7) is 4.81. The van der Waals surface area contributed by atoms with Crippen LogP contribution in [0, 0.1) is 19.7 Å². The number of fused-ring (bicyclic) bond motifs is 1. The van der Waals surface area contributed by atoms with Gasteiger partial charge in [-0.2, -0.15) is 4.99 Å². The van der Waals surface area contributed by atoms with Crippen LogP contribution in [0.3, 0.4) is 0 Å². The first-order valence-electron chi connectivity index (χ1n) is 8.84. The number of hydrogen-bond donors (Lipinski definition) is 0. The van der Waals surface area contributed by atoms with Crippen molar-refractivity contribution in [3.8, 4) is 0 Å². The van der Waals surface area contributed by atoms with E-state index in [1.807, 2.05) is 30.3 Å². The molecule has 0 aromatic heterocycles. The number of aliphatic imine (C=N–C) groups is 1. The van der Waals surface area contributed by atoms with Crippen molar-refractivity contribution in [2.75, 3.05) is 4.90 Å². The standard InChI is InChI=1S/C23H19FN2O/c1-15-7-12-20(13-16(15)2)26-14-18-5-3-4-6-21(18)22(26)25-23(27)17-8-10-19(24)11-9-17/h3-13H,14H2,1-2H3. The molecular weight excluding hydrogens is 339 g/mol. The molecule has 0 atom stereocenters. The van der Waals surface area contributed by atoms with Crippen LogP contribution in [0.2, 0.25) is 0 Å². The van der Waals surface area contributed by atoms with Crippen LogP contribution in [0.4, 0.5) is 10.1 Å². The van der Waals surface area contributed by atoms with Gasteiger partial charge < -0.3 is 4.90 Å². The van der Waals surface area contributed by atoms with Crippen molar-refractivity contribution >= 4 is 17.4 Å². The van der Waals surface area contributed by atoms with Gasteiger partial charge in [0.1, 0.15) is 11.7 Å². The Labute approximate surface area is 157 Å². The molecule has 27 heavy (non-hydrogen) atoms. The Balaban J connectivity index is 1.78. The zero-order valence-electron chi connectivity index (χ0n) is 15.2. The summed E-state index contributed by atoms with van der Waals surface area (Å²) < 4.78 is 13.2. The first kappa shape index (κ1) is 17.2. The average molecular weight is 358 g/mol. The van der Waals surface area contributed by atoms with Crippen molar-refractivity contribution in [2.24, 2.45) is 4.99 Å². The molecule has 0 fully saturated rings. The van der Waals surface area contributed by atoms with E-state index in [1.54, 1.807) is 0 Å². The van der Waals surface area contributed by atoms with Crippen molar-refractivity contribution in [1.82, 2.24) is 0 Å². The number of rotatable bonds is 2. The number of amides is 1. The van der Waals surface area contributed by atoms with Gasteiger partial charge in [-0.25, -0.2) is 4.39 Å². The molecule has 134 valence electrons. The van der Waals surface area contributed by atoms with E-state index in [2.05, 4.69) is 35.9 Å². The minimum Gasteiger partial charge on any atom is -0.321 e. The minimum atomic E-state index is -0.379. The number of halogens is 1. The summed E-state index contributed by atoms with van der Waals surface area (Å²) in [4.78, 5) is 19.1. The molecule has 1 heterocycles. The predicted octanol–water partition coefficient (Wildman–Crippen LogP) is 5.05. The van der Waals surface area contributed by atoms with Crippen molar-refractivity contribution in [2.45, 2.75) is 20.4 Å². The highest BCUT2D eigenvalue weighted by Crippen LogP contribution is 2.30. The molecule has 3 aromatic rings. The zero-order chi connectivity index (χ0) is 19.0. The lowest BCUT2D eigenvalue weighted by Crippen LogP contribution is -2.25. The summed E-state index contributed by atoms with van der Waals surface area (Å²) in [5, 5.41) is 0. The smallest absolute Gasteiger partial charge is 0.278 e. The molecular formula is C23H19FN2O. The molecule has 1 aliphatic rings. The average Bonchev–Trinajstić information content (AvgIpc) is 3.03. The molecule has 0 aliphatic carbocycles. The van der Waals surface area contributed by atoms with Crippen LogP contribution in [0.25, 0.3) is 0 Å². The third kappa shape index (κ3) is 3.26. The highest BCUT2D eigenvalue weighted by Gasteiger charge is 2.27. The molecule has 4 rings (SSSR count). The lowest BCUT2D eigenvalue weighted by molar-refractivity contribution is 0.100. The van der Waals surface area contributed by atoms with Crippen molar-refractivity contribution in [1.29, 1.82) is 0 Å². The first-order chi connectivity index (χ1) is 13.0. The van der Waals surface area contributed by atoms with Gasteiger partial charge in [-0.3, -0.25) is 4.79 Å². The van der Waals surface area contributed by atoms with Gasteiger partial charge in [-0.1, -0.05) is 30.3 Å². The van der Waals surface area contributed by atoms with E-state index in [4.69, 9.17) is 0 Å². The molecule has 4 heteroatoms. The highest BCUT2D eigenvalue weighted by atomic mass is 19.1. The summed E-state index contributed by atoms with van der Waals surface area (Å²) in [5.41, 5.74) is 5.85. The van der Waals surface area contributed by atoms with Gasteiger partial charge in [0.25, 0.3) is 5.91 Å². The fraction of sp³-hybridized carbons (Fsp3) is 0.130. The van der Waals surface area contributed by atoms with Crippen molar-refractivity contribution in [3.05, 3.63) is 100 Å². The number of benzene rings is 3. The molecule has 0 N–H and O–H groups in total. The number of carbonyl (C=O) groups excluding carboxylic acids is 1. The maximum Gasteiger partial charge on any atom is 0.278 e. The predicted molar refractivity (Wildman–Crippen MR) is 106 cm³/mol. The summed E-state index contributed by atoms with van der Waals surface area (Å²) in [7, 11) is 0. The lowest BCUT2D eigenvalue weighted by Gasteiger charge is -2.20. The molecule has 1 amide bonds. The summed E-state index contributed by atoms with van der Waals surface area (Å²) >= 11 is 0. The van der Waals surface area contributed by atoms with Crippen LogP contribution in [0.15, 0.2) is 71.7 Å². The Kier molecular flexibility index (Phi) is 4.32. The highest BCUT2D eigenvalue weighted by molar-refractivity contribution is 6.18. The van der Waals surface area contributed by atoms with Crippen LogP contribution in [0.5, 0.6) is 0 Å². The van der Waals surface area contributed by atoms with Crippen LogP contribution in [0.1, 0.15) is 32.6 Å². The maximum atomic E-state index is 13.2. The Morgan fingerprint density at radius 1 is 0.963 bits per heavy atom. The van der Waals surface area contributed by atoms with Crippen molar-refractivity contribution in [3.63, 3.8) is 0 Å². The van der Waals surface area contributed by atoms with Gasteiger partial charge in [0.15, 0.2) is 0 Å². The Morgan fingerprint density at radius 3 is 2.44 bits per heavy atom. The minimum absolute atomic E-state index is 0.369.